The van der Waals surface area contributed by atoms with Crippen molar-refractivity contribution in [1.82, 2.24) is 19.9 Å². The lowest BCUT2D eigenvalue weighted by Gasteiger charge is -2.30. The number of aryl methyl sites for hydroxylation is 1. The van der Waals surface area contributed by atoms with Crippen molar-refractivity contribution in [1.29, 1.82) is 0 Å². The normalized spacial score (nSPS) is 18.4. The van der Waals surface area contributed by atoms with Gasteiger partial charge in [-0.2, -0.15) is 4.31 Å². The largest absolute Gasteiger partial charge is 0.357 e. The number of piperidine rings is 1. The summed E-state index contributed by atoms with van der Waals surface area (Å²) in [6.07, 6.45) is 3.88. The molecule has 1 unspecified atom stereocenters. The van der Waals surface area contributed by atoms with Gasteiger partial charge in [-0.05, 0) is 50.3 Å². The zero-order chi connectivity index (χ0) is 21.6. The predicted octanol–water partition coefficient (Wildman–Crippen LogP) is 3.13. The number of rotatable bonds is 7. The van der Waals surface area contributed by atoms with Crippen LogP contribution in [0, 0.1) is 12.8 Å². The molecule has 2 N–H and O–H groups in total. The number of aromatic nitrogens is 1. The van der Waals surface area contributed by atoms with E-state index in [-0.39, 0.29) is 0 Å². The molecule has 0 radical (unpaired) electrons. The number of sulfonamides is 1. The van der Waals surface area contributed by atoms with E-state index >= 15 is 0 Å². The van der Waals surface area contributed by atoms with Gasteiger partial charge in [0.2, 0.25) is 10.0 Å². The van der Waals surface area contributed by atoms with Crippen LogP contribution in [0.3, 0.4) is 0 Å². The number of nitrogens with zero attached hydrogens (tertiary/aromatic N) is 3. The Bertz CT molecular complexity index is 954. The van der Waals surface area contributed by atoms with Crippen molar-refractivity contribution in [3.8, 4) is 0 Å². The highest BCUT2D eigenvalue weighted by Crippen LogP contribution is 2.23. The highest BCUT2D eigenvalue weighted by molar-refractivity contribution is 7.89. The molecular weight excluding hydrogens is 418 g/mol. The van der Waals surface area contributed by atoms with Crippen molar-refractivity contribution >= 4 is 27.3 Å². The first-order chi connectivity index (χ1) is 14.4. The van der Waals surface area contributed by atoms with Crippen LogP contribution in [0.2, 0.25) is 0 Å². The molecule has 2 aromatic rings. The molecule has 1 saturated heterocycles. The molecule has 0 saturated carbocycles. The molecule has 1 aliphatic rings. The Hall–Kier alpha value is -1.97. The summed E-state index contributed by atoms with van der Waals surface area (Å²) in [6.45, 7) is 9.22. The van der Waals surface area contributed by atoms with E-state index in [1.807, 2.05) is 32.2 Å². The molecule has 0 spiro atoms. The Balaban J connectivity index is 1.62. The smallest absolute Gasteiger partial charge is 0.243 e. The van der Waals surface area contributed by atoms with Gasteiger partial charge in [-0.3, -0.25) is 0 Å². The van der Waals surface area contributed by atoms with Crippen LogP contribution in [0.1, 0.15) is 42.1 Å². The van der Waals surface area contributed by atoms with Gasteiger partial charge in [-0.1, -0.05) is 19.1 Å². The number of hydrogen-bond acceptors (Lipinski definition) is 5. The van der Waals surface area contributed by atoms with Gasteiger partial charge in [0.1, 0.15) is 5.01 Å². The maximum Gasteiger partial charge on any atom is 0.243 e. The second-order valence-corrected chi connectivity index (χ2v) is 10.9. The van der Waals surface area contributed by atoms with Gasteiger partial charge in [0.25, 0.3) is 0 Å². The molecule has 1 aromatic heterocycles. The minimum Gasteiger partial charge on any atom is -0.357 e. The number of nitrogens with one attached hydrogen (secondary N) is 2. The summed E-state index contributed by atoms with van der Waals surface area (Å²) in [5, 5.41) is 7.53. The van der Waals surface area contributed by atoms with Gasteiger partial charge in [-0.15, -0.1) is 11.3 Å². The molecule has 30 heavy (non-hydrogen) atoms. The Morgan fingerprint density at radius 3 is 2.70 bits per heavy atom. The quantitative estimate of drug-likeness (QED) is 0.501. The van der Waals surface area contributed by atoms with Crippen molar-refractivity contribution in [2.45, 2.75) is 51.6 Å². The first kappa shape index (κ1) is 22.7. The highest BCUT2D eigenvalue weighted by atomic mass is 32.2. The highest BCUT2D eigenvalue weighted by Gasteiger charge is 2.28. The van der Waals surface area contributed by atoms with E-state index in [1.165, 1.54) is 4.88 Å². The van der Waals surface area contributed by atoms with E-state index in [0.29, 0.717) is 43.0 Å². The van der Waals surface area contributed by atoms with Crippen molar-refractivity contribution in [2.24, 2.45) is 10.9 Å². The fourth-order valence-electron chi connectivity index (χ4n) is 3.44. The number of thiazole rings is 1. The fourth-order valence-corrected chi connectivity index (χ4v) is 5.76. The maximum atomic E-state index is 12.9. The molecule has 164 valence electrons. The van der Waals surface area contributed by atoms with Crippen LogP contribution in [0.15, 0.2) is 40.4 Å². The number of hydrogen-bond donors (Lipinski definition) is 2. The van der Waals surface area contributed by atoms with E-state index in [1.54, 1.807) is 27.8 Å². The summed E-state index contributed by atoms with van der Waals surface area (Å²) in [4.78, 5) is 10.5. The van der Waals surface area contributed by atoms with Crippen molar-refractivity contribution in [2.75, 3.05) is 19.6 Å². The molecule has 2 heterocycles. The second-order valence-electron chi connectivity index (χ2n) is 7.67. The van der Waals surface area contributed by atoms with Crippen LogP contribution in [0.5, 0.6) is 0 Å². The van der Waals surface area contributed by atoms with Crippen LogP contribution in [0.4, 0.5) is 0 Å². The summed E-state index contributed by atoms with van der Waals surface area (Å²) < 4.78 is 27.4. The number of guanidine groups is 1. The number of aliphatic imine (C=N–C) groups is 1. The average molecular weight is 450 g/mol. The molecule has 1 aliphatic heterocycles. The van der Waals surface area contributed by atoms with E-state index in [4.69, 9.17) is 0 Å². The topological polar surface area (TPSA) is 86.7 Å². The Labute approximate surface area is 183 Å². The third-order valence-electron chi connectivity index (χ3n) is 5.02. The van der Waals surface area contributed by atoms with E-state index in [0.717, 1.165) is 30.0 Å². The zero-order valence-corrected chi connectivity index (χ0v) is 19.5. The van der Waals surface area contributed by atoms with Gasteiger partial charge in [0.05, 0.1) is 18.0 Å². The monoisotopic (exact) mass is 449 g/mol. The zero-order valence-electron chi connectivity index (χ0n) is 17.9. The van der Waals surface area contributed by atoms with Crippen molar-refractivity contribution < 1.29 is 8.42 Å². The van der Waals surface area contributed by atoms with Gasteiger partial charge in [-0.25, -0.2) is 18.4 Å². The molecular formula is C21H31N5O2S2. The third-order valence-corrected chi connectivity index (χ3v) is 7.81. The molecule has 0 bridgehead atoms. The summed E-state index contributed by atoms with van der Waals surface area (Å²) >= 11 is 1.66. The first-order valence-corrected chi connectivity index (χ1v) is 12.7. The Kier molecular flexibility index (Phi) is 7.85. The van der Waals surface area contributed by atoms with Gasteiger partial charge < -0.3 is 10.6 Å². The van der Waals surface area contributed by atoms with E-state index in [9.17, 15) is 8.42 Å². The number of benzene rings is 1. The molecule has 0 aliphatic carbocycles. The van der Waals surface area contributed by atoms with Crippen LogP contribution < -0.4 is 10.6 Å². The molecule has 9 heteroatoms. The van der Waals surface area contributed by atoms with E-state index in [2.05, 4.69) is 27.5 Å². The SMILES string of the molecule is CCNC(=NCc1ccc(S(=O)(=O)N2CCCC(C)C2)cc1)NCc1ncc(C)s1. The average Bonchev–Trinajstić information content (AvgIpc) is 3.15. The van der Waals surface area contributed by atoms with Crippen molar-refractivity contribution in [3.05, 3.63) is 45.9 Å². The fraction of sp³-hybridized carbons (Fsp3) is 0.524. The van der Waals surface area contributed by atoms with Crippen LogP contribution in [-0.2, 0) is 23.1 Å². The van der Waals surface area contributed by atoms with Gasteiger partial charge in [0.15, 0.2) is 5.96 Å². The lowest BCUT2D eigenvalue weighted by molar-refractivity contribution is 0.281. The minimum atomic E-state index is -3.42. The van der Waals surface area contributed by atoms with Gasteiger partial charge >= 0.3 is 0 Å². The maximum absolute atomic E-state index is 12.9. The summed E-state index contributed by atoms with van der Waals surface area (Å²) in [7, 11) is -3.42. The third kappa shape index (κ3) is 6.02. The van der Waals surface area contributed by atoms with Crippen LogP contribution >= 0.6 is 11.3 Å². The van der Waals surface area contributed by atoms with Crippen LogP contribution in [0.25, 0.3) is 0 Å². The summed E-state index contributed by atoms with van der Waals surface area (Å²) in [5.74, 6) is 1.12. The molecule has 7 nitrogen and oxygen atoms in total. The summed E-state index contributed by atoms with van der Waals surface area (Å²) in [6, 6.07) is 7.07. The van der Waals surface area contributed by atoms with E-state index < -0.39 is 10.0 Å². The summed E-state index contributed by atoms with van der Waals surface area (Å²) in [5.41, 5.74) is 0.961. The van der Waals surface area contributed by atoms with Crippen LogP contribution in [-0.4, -0.2) is 43.3 Å². The minimum absolute atomic E-state index is 0.355. The molecule has 3 rings (SSSR count). The Morgan fingerprint density at radius 2 is 2.07 bits per heavy atom. The van der Waals surface area contributed by atoms with Gasteiger partial charge in [0, 0.05) is 30.7 Å². The Morgan fingerprint density at radius 1 is 1.30 bits per heavy atom. The molecule has 0 amide bonds. The lowest BCUT2D eigenvalue weighted by atomic mass is 10.0. The standard InChI is InChI=1S/C21H31N5O2S2/c1-4-22-21(25-14-20-23-12-17(3)29-20)24-13-18-7-9-19(10-8-18)30(27,28)26-11-5-6-16(2)15-26/h7-10,12,16H,4-6,11,13-15H2,1-3H3,(H2,22,24,25). The molecule has 1 aromatic carbocycles. The lowest BCUT2D eigenvalue weighted by Crippen LogP contribution is -2.39. The molecule has 1 atom stereocenters. The molecule has 1 fully saturated rings. The first-order valence-electron chi connectivity index (χ1n) is 10.4. The predicted molar refractivity (Wildman–Crippen MR) is 122 cm³/mol. The second kappa shape index (κ2) is 10.4. The van der Waals surface area contributed by atoms with Crippen molar-refractivity contribution in [3.63, 3.8) is 0 Å².